The SMILES string of the molecule is COc1cc(N)cc(C(=O)OCC2Cc3ccccc32)c1. The number of esters is 1. The van der Waals surface area contributed by atoms with Crippen LogP contribution in [0.5, 0.6) is 5.75 Å². The van der Waals surface area contributed by atoms with Gasteiger partial charge >= 0.3 is 5.97 Å². The van der Waals surface area contributed by atoms with Gasteiger partial charge in [-0.05, 0) is 29.7 Å². The summed E-state index contributed by atoms with van der Waals surface area (Å²) in [6, 6.07) is 13.1. The van der Waals surface area contributed by atoms with E-state index in [0.717, 1.165) is 6.42 Å². The molecule has 2 aromatic rings. The Morgan fingerprint density at radius 1 is 1.29 bits per heavy atom. The second kappa shape index (κ2) is 5.48. The summed E-state index contributed by atoms with van der Waals surface area (Å²) in [6.45, 7) is 0.396. The molecule has 0 amide bonds. The zero-order valence-corrected chi connectivity index (χ0v) is 11.8. The third-order valence-corrected chi connectivity index (χ3v) is 3.78. The molecule has 1 unspecified atom stereocenters. The van der Waals surface area contributed by atoms with Crippen LogP contribution in [0.2, 0.25) is 0 Å². The lowest BCUT2D eigenvalue weighted by Crippen LogP contribution is -2.23. The van der Waals surface area contributed by atoms with Crippen LogP contribution in [0.25, 0.3) is 0 Å². The maximum Gasteiger partial charge on any atom is 0.338 e. The molecular formula is C17H17NO3. The molecule has 0 fully saturated rings. The molecule has 0 saturated carbocycles. The molecule has 0 bridgehead atoms. The van der Waals surface area contributed by atoms with Crippen molar-refractivity contribution in [1.29, 1.82) is 0 Å². The van der Waals surface area contributed by atoms with Gasteiger partial charge in [0.25, 0.3) is 0 Å². The van der Waals surface area contributed by atoms with Crippen molar-refractivity contribution < 1.29 is 14.3 Å². The zero-order valence-electron chi connectivity index (χ0n) is 11.8. The largest absolute Gasteiger partial charge is 0.497 e. The van der Waals surface area contributed by atoms with Crippen molar-refractivity contribution in [2.24, 2.45) is 0 Å². The highest BCUT2D eigenvalue weighted by Gasteiger charge is 2.26. The fourth-order valence-corrected chi connectivity index (χ4v) is 2.63. The molecule has 0 aliphatic heterocycles. The van der Waals surface area contributed by atoms with Crippen LogP contribution in [0.15, 0.2) is 42.5 Å². The highest BCUT2D eigenvalue weighted by molar-refractivity contribution is 5.91. The Hall–Kier alpha value is -2.49. The number of benzene rings is 2. The van der Waals surface area contributed by atoms with E-state index in [0.29, 0.717) is 29.5 Å². The van der Waals surface area contributed by atoms with Crippen molar-refractivity contribution in [1.82, 2.24) is 0 Å². The minimum atomic E-state index is -0.370. The Morgan fingerprint density at radius 3 is 2.86 bits per heavy atom. The van der Waals surface area contributed by atoms with Gasteiger partial charge in [-0.15, -0.1) is 0 Å². The number of ether oxygens (including phenoxy) is 2. The maximum absolute atomic E-state index is 12.1. The zero-order chi connectivity index (χ0) is 14.8. The predicted octanol–water partition coefficient (Wildman–Crippen LogP) is 2.77. The fourth-order valence-electron chi connectivity index (χ4n) is 2.63. The summed E-state index contributed by atoms with van der Waals surface area (Å²) in [5.74, 6) is 0.481. The third kappa shape index (κ3) is 2.70. The molecule has 1 aliphatic rings. The Balaban J connectivity index is 1.64. The Morgan fingerprint density at radius 2 is 2.10 bits per heavy atom. The van der Waals surface area contributed by atoms with Crippen molar-refractivity contribution in [2.75, 3.05) is 19.5 Å². The van der Waals surface area contributed by atoms with Gasteiger partial charge in [-0.3, -0.25) is 0 Å². The van der Waals surface area contributed by atoms with Gasteiger partial charge < -0.3 is 15.2 Å². The molecule has 4 heteroatoms. The molecule has 2 N–H and O–H groups in total. The minimum absolute atomic E-state index is 0.299. The number of anilines is 1. The normalized spacial score (nSPS) is 15.8. The molecule has 3 rings (SSSR count). The molecule has 4 nitrogen and oxygen atoms in total. The van der Waals surface area contributed by atoms with Gasteiger partial charge in [0.2, 0.25) is 0 Å². The quantitative estimate of drug-likeness (QED) is 0.692. The van der Waals surface area contributed by atoms with E-state index in [1.807, 2.05) is 12.1 Å². The molecule has 0 spiro atoms. The number of fused-ring (bicyclic) bond motifs is 1. The van der Waals surface area contributed by atoms with Gasteiger partial charge in [0.1, 0.15) is 5.75 Å². The van der Waals surface area contributed by atoms with Crippen molar-refractivity contribution in [3.05, 3.63) is 59.2 Å². The van der Waals surface area contributed by atoms with Crippen molar-refractivity contribution in [3.8, 4) is 5.75 Å². The first-order chi connectivity index (χ1) is 10.2. The summed E-state index contributed by atoms with van der Waals surface area (Å²) in [4.78, 5) is 12.1. The first kappa shape index (κ1) is 13.5. The number of nitrogens with two attached hydrogens (primary N) is 1. The van der Waals surface area contributed by atoms with E-state index in [9.17, 15) is 4.79 Å². The topological polar surface area (TPSA) is 61.5 Å². The van der Waals surface area contributed by atoms with Gasteiger partial charge in [0.05, 0.1) is 19.3 Å². The van der Waals surface area contributed by atoms with Crippen LogP contribution in [0.4, 0.5) is 5.69 Å². The first-order valence-corrected chi connectivity index (χ1v) is 6.87. The van der Waals surface area contributed by atoms with Crippen molar-refractivity contribution in [2.45, 2.75) is 12.3 Å². The summed E-state index contributed by atoms with van der Waals surface area (Å²) in [7, 11) is 1.54. The van der Waals surface area contributed by atoms with Crippen molar-refractivity contribution >= 4 is 11.7 Å². The Bertz CT molecular complexity index is 681. The van der Waals surface area contributed by atoms with Gasteiger partial charge in [-0.2, -0.15) is 0 Å². The third-order valence-electron chi connectivity index (χ3n) is 3.78. The molecule has 1 aliphatic carbocycles. The summed E-state index contributed by atoms with van der Waals surface area (Å²) < 4.78 is 10.5. The summed E-state index contributed by atoms with van der Waals surface area (Å²) in [5, 5.41) is 0. The number of carbonyl (C=O) groups excluding carboxylic acids is 1. The lowest BCUT2D eigenvalue weighted by Gasteiger charge is -2.29. The molecule has 1 atom stereocenters. The predicted molar refractivity (Wildman–Crippen MR) is 80.6 cm³/mol. The smallest absolute Gasteiger partial charge is 0.338 e. The summed E-state index contributed by atoms with van der Waals surface area (Å²) >= 11 is 0. The minimum Gasteiger partial charge on any atom is -0.497 e. The van der Waals surface area contributed by atoms with E-state index in [4.69, 9.17) is 15.2 Å². The Labute approximate surface area is 123 Å². The summed E-state index contributed by atoms with van der Waals surface area (Å²) in [5.41, 5.74) is 9.25. The lowest BCUT2D eigenvalue weighted by atomic mass is 9.78. The van der Waals surface area contributed by atoms with Crippen LogP contribution in [-0.4, -0.2) is 19.7 Å². The monoisotopic (exact) mass is 283 g/mol. The molecule has 0 heterocycles. The van der Waals surface area contributed by atoms with E-state index in [1.54, 1.807) is 18.2 Å². The van der Waals surface area contributed by atoms with Crippen LogP contribution in [0.1, 0.15) is 27.4 Å². The lowest BCUT2D eigenvalue weighted by molar-refractivity contribution is 0.0469. The second-order valence-electron chi connectivity index (χ2n) is 5.19. The van der Waals surface area contributed by atoms with E-state index in [-0.39, 0.29) is 5.97 Å². The second-order valence-corrected chi connectivity index (χ2v) is 5.19. The van der Waals surface area contributed by atoms with Crippen LogP contribution in [0.3, 0.4) is 0 Å². The van der Waals surface area contributed by atoms with E-state index >= 15 is 0 Å². The molecule has 0 saturated heterocycles. The average molecular weight is 283 g/mol. The van der Waals surface area contributed by atoms with Crippen LogP contribution in [-0.2, 0) is 11.2 Å². The molecule has 0 aromatic heterocycles. The number of hydrogen-bond acceptors (Lipinski definition) is 4. The van der Waals surface area contributed by atoms with Crippen LogP contribution in [0, 0.1) is 0 Å². The number of methoxy groups -OCH3 is 1. The first-order valence-electron chi connectivity index (χ1n) is 6.87. The molecule has 108 valence electrons. The molecule has 0 radical (unpaired) electrons. The number of carbonyl (C=O) groups is 1. The van der Waals surface area contributed by atoms with Gasteiger partial charge in [0, 0.05) is 17.7 Å². The number of rotatable bonds is 4. The fraction of sp³-hybridized carbons (Fsp3) is 0.235. The van der Waals surface area contributed by atoms with Crippen LogP contribution >= 0.6 is 0 Å². The Kier molecular flexibility index (Phi) is 3.52. The van der Waals surface area contributed by atoms with E-state index < -0.39 is 0 Å². The highest BCUT2D eigenvalue weighted by atomic mass is 16.5. The maximum atomic E-state index is 12.1. The highest BCUT2D eigenvalue weighted by Crippen LogP contribution is 2.35. The molecule has 2 aromatic carbocycles. The average Bonchev–Trinajstić information content (AvgIpc) is 2.47. The van der Waals surface area contributed by atoms with E-state index in [2.05, 4.69) is 12.1 Å². The summed E-state index contributed by atoms with van der Waals surface area (Å²) in [6.07, 6.45) is 0.962. The molecule has 21 heavy (non-hydrogen) atoms. The van der Waals surface area contributed by atoms with Gasteiger partial charge in [0.15, 0.2) is 0 Å². The number of nitrogen functional groups attached to an aromatic ring is 1. The van der Waals surface area contributed by atoms with Gasteiger partial charge in [-0.1, -0.05) is 24.3 Å². The molecular weight excluding hydrogens is 266 g/mol. The van der Waals surface area contributed by atoms with E-state index in [1.165, 1.54) is 18.2 Å². The standard InChI is InChI=1S/C17H17NO3/c1-20-15-8-12(7-14(18)9-15)17(19)21-10-13-6-11-4-2-3-5-16(11)13/h2-5,7-9,13H,6,10,18H2,1H3. The van der Waals surface area contributed by atoms with Crippen molar-refractivity contribution in [3.63, 3.8) is 0 Å². The van der Waals surface area contributed by atoms with Gasteiger partial charge in [-0.25, -0.2) is 4.79 Å². The van der Waals surface area contributed by atoms with Crippen LogP contribution < -0.4 is 10.5 Å². The number of hydrogen-bond donors (Lipinski definition) is 1.